The molecular weight excluding hydrogens is 377 g/mol. The van der Waals surface area contributed by atoms with Crippen molar-refractivity contribution in [2.24, 2.45) is 4.99 Å². The fraction of sp³-hybridized carbons (Fsp3) is 0.133. The minimum absolute atomic E-state index is 0.265. The van der Waals surface area contributed by atoms with Gasteiger partial charge >= 0.3 is 6.18 Å². The number of aliphatic imine (C=N–C) groups is 1. The van der Waals surface area contributed by atoms with Crippen molar-refractivity contribution >= 4 is 34.2 Å². The number of nitrogens with zero attached hydrogens (tertiary/aromatic N) is 3. The van der Waals surface area contributed by atoms with Gasteiger partial charge in [0.25, 0.3) is 0 Å². The van der Waals surface area contributed by atoms with E-state index >= 15 is 0 Å². The average Bonchev–Trinajstić information content (AvgIpc) is 2.55. The summed E-state index contributed by atoms with van der Waals surface area (Å²) in [7, 11) is 0. The van der Waals surface area contributed by atoms with Gasteiger partial charge in [-0.3, -0.25) is 5.32 Å². The van der Waals surface area contributed by atoms with E-state index in [4.69, 9.17) is 21.6 Å². The van der Waals surface area contributed by atoms with E-state index in [-0.39, 0.29) is 16.8 Å². The van der Waals surface area contributed by atoms with E-state index < -0.39 is 11.7 Å². The Balaban J connectivity index is 2.19. The van der Waals surface area contributed by atoms with Crippen LogP contribution in [-0.2, 0) is 6.18 Å². The number of hydrogen-bond donors (Lipinski definition) is 1. The van der Waals surface area contributed by atoms with Crippen molar-refractivity contribution in [1.29, 1.82) is 5.26 Å². The number of alkyl halides is 3. The molecule has 2 aromatic rings. The highest BCUT2D eigenvalue weighted by molar-refractivity contribution is 8.13. The molecule has 0 bridgehead atoms. The lowest BCUT2D eigenvalue weighted by Gasteiger charge is -2.10. The number of nitriles is 1. The average molecular weight is 387 g/mol. The van der Waals surface area contributed by atoms with Crippen molar-refractivity contribution in [2.45, 2.75) is 6.18 Å². The fourth-order valence-corrected chi connectivity index (χ4v) is 2.23. The van der Waals surface area contributed by atoms with E-state index in [1.54, 1.807) is 24.6 Å². The molecule has 0 amide bonds. The first-order valence-corrected chi connectivity index (χ1v) is 8.22. The number of benzene rings is 1. The molecule has 10 heteroatoms. The first-order chi connectivity index (χ1) is 11.8. The lowest BCUT2D eigenvalue weighted by atomic mass is 10.2. The summed E-state index contributed by atoms with van der Waals surface area (Å²) in [6.07, 6.45) is -1.03. The molecule has 0 radical (unpaired) electrons. The number of thioether (sulfide) groups is 1. The largest absolute Gasteiger partial charge is 0.439 e. The van der Waals surface area contributed by atoms with Gasteiger partial charge in [0.05, 0.1) is 11.3 Å². The minimum atomic E-state index is -4.55. The molecule has 5 nitrogen and oxygen atoms in total. The number of pyridine rings is 1. The van der Waals surface area contributed by atoms with Crippen LogP contribution in [0.3, 0.4) is 0 Å². The Morgan fingerprint density at radius 1 is 1.32 bits per heavy atom. The van der Waals surface area contributed by atoms with Gasteiger partial charge in [0.2, 0.25) is 5.88 Å². The summed E-state index contributed by atoms with van der Waals surface area (Å²) >= 11 is 6.86. The molecule has 1 aromatic carbocycles. The molecule has 0 spiro atoms. The molecule has 1 heterocycles. The summed E-state index contributed by atoms with van der Waals surface area (Å²) in [5.41, 5.74) is -0.412. The molecule has 0 aliphatic heterocycles. The van der Waals surface area contributed by atoms with Crippen LogP contribution in [0.15, 0.2) is 41.4 Å². The van der Waals surface area contributed by atoms with Gasteiger partial charge in [0.1, 0.15) is 10.9 Å². The van der Waals surface area contributed by atoms with Crippen LogP contribution in [0.5, 0.6) is 11.6 Å². The van der Waals surface area contributed by atoms with Gasteiger partial charge in [-0.05, 0) is 36.6 Å². The van der Waals surface area contributed by atoms with E-state index in [1.807, 2.05) is 0 Å². The molecule has 130 valence electrons. The van der Waals surface area contributed by atoms with Gasteiger partial charge in [-0.1, -0.05) is 23.4 Å². The predicted molar refractivity (Wildman–Crippen MR) is 90.1 cm³/mol. The zero-order valence-corrected chi connectivity index (χ0v) is 14.2. The van der Waals surface area contributed by atoms with Gasteiger partial charge < -0.3 is 4.74 Å². The molecular formula is C15H10ClF3N4OS. The molecule has 1 N–H and O–H groups in total. The monoisotopic (exact) mass is 386 g/mol. The normalized spacial score (nSPS) is 11.8. The van der Waals surface area contributed by atoms with Gasteiger partial charge in [0.15, 0.2) is 11.4 Å². The standard InChI is InChI=1S/C15H10ClF3N4OS/c1-25-14(21-8-20)22-10-2-4-11(5-3-10)24-13-7-9(15(17,18)19)6-12(16)23-13/h2-7H,1H3,(H,21,22). The van der Waals surface area contributed by atoms with E-state index in [9.17, 15) is 13.2 Å². The van der Waals surface area contributed by atoms with Gasteiger partial charge in [-0.15, -0.1) is 0 Å². The van der Waals surface area contributed by atoms with Crippen LogP contribution in [-0.4, -0.2) is 16.4 Å². The fourth-order valence-electron chi connectivity index (χ4n) is 1.69. The number of halogens is 4. The summed E-state index contributed by atoms with van der Waals surface area (Å²) in [5.74, 6) is -0.00666. The summed E-state index contributed by atoms with van der Waals surface area (Å²) in [4.78, 5) is 7.90. The molecule has 0 aliphatic rings. The maximum absolute atomic E-state index is 12.8. The van der Waals surface area contributed by atoms with Crippen molar-refractivity contribution in [3.8, 4) is 17.8 Å². The summed E-state index contributed by atoms with van der Waals surface area (Å²) in [6.45, 7) is 0. The number of nitrogens with one attached hydrogen (secondary N) is 1. The van der Waals surface area contributed by atoms with Crippen LogP contribution in [0.1, 0.15) is 5.56 Å². The quantitative estimate of drug-likeness (QED) is 0.265. The van der Waals surface area contributed by atoms with Crippen molar-refractivity contribution < 1.29 is 17.9 Å². The zero-order valence-electron chi connectivity index (χ0n) is 12.6. The number of aromatic nitrogens is 1. The molecule has 0 aliphatic carbocycles. The third-order valence-electron chi connectivity index (χ3n) is 2.74. The Bertz CT molecular complexity index is 819. The smallest absolute Gasteiger partial charge is 0.416 e. The SMILES string of the molecule is CSC(=Nc1ccc(Oc2cc(C(F)(F)F)cc(Cl)n2)cc1)NC#N. The maximum Gasteiger partial charge on any atom is 0.416 e. The van der Waals surface area contributed by atoms with Gasteiger partial charge in [0, 0.05) is 6.07 Å². The Morgan fingerprint density at radius 2 is 2.00 bits per heavy atom. The molecule has 2 rings (SSSR count). The topological polar surface area (TPSA) is 70.3 Å². The van der Waals surface area contributed by atoms with E-state index in [1.165, 1.54) is 23.9 Å². The number of hydrogen-bond acceptors (Lipinski definition) is 5. The van der Waals surface area contributed by atoms with E-state index in [0.29, 0.717) is 10.9 Å². The Morgan fingerprint density at radius 3 is 2.56 bits per heavy atom. The Kier molecular flexibility index (Phi) is 6.12. The third-order valence-corrected chi connectivity index (χ3v) is 3.52. The number of rotatable bonds is 3. The Hall–Kier alpha value is -2.44. The molecule has 0 saturated heterocycles. The lowest BCUT2D eigenvalue weighted by molar-refractivity contribution is -0.137. The molecule has 0 atom stereocenters. The minimum Gasteiger partial charge on any atom is -0.439 e. The van der Waals surface area contributed by atoms with Gasteiger partial charge in [-0.25, -0.2) is 9.98 Å². The third kappa shape index (κ3) is 5.55. The van der Waals surface area contributed by atoms with Crippen LogP contribution in [0, 0.1) is 11.5 Å². The summed E-state index contributed by atoms with van der Waals surface area (Å²) < 4.78 is 43.6. The highest BCUT2D eigenvalue weighted by atomic mass is 35.5. The second-order valence-electron chi connectivity index (χ2n) is 4.47. The highest BCUT2D eigenvalue weighted by Crippen LogP contribution is 2.34. The molecule has 25 heavy (non-hydrogen) atoms. The van der Waals surface area contributed by atoms with Crippen molar-refractivity contribution in [1.82, 2.24) is 10.3 Å². The van der Waals surface area contributed by atoms with Crippen molar-refractivity contribution in [3.05, 3.63) is 47.1 Å². The molecule has 1 aromatic heterocycles. The van der Waals surface area contributed by atoms with Crippen LogP contribution in [0.25, 0.3) is 0 Å². The molecule has 0 unspecified atom stereocenters. The van der Waals surface area contributed by atoms with Crippen LogP contribution in [0.2, 0.25) is 5.15 Å². The second kappa shape index (κ2) is 8.09. The molecule has 0 fully saturated rings. The lowest BCUT2D eigenvalue weighted by Crippen LogP contribution is -2.12. The predicted octanol–water partition coefficient (Wildman–Crippen LogP) is 4.97. The number of ether oxygens (including phenoxy) is 1. The first-order valence-electron chi connectivity index (χ1n) is 6.62. The highest BCUT2D eigenvalue weighted by Gasteiger charge is 2.31. The van der Waals surface area contributed by atoms with E-state index in [0.717, 1.165) is 12.1 Å². The van der Waals surface area contributed by atoms with Gasteiger partial charge in [-0.2, -0.15) is 18.4 Å². The van der Waals surface area contributed by atoms with Crippen LogP contribution in [0.4, 0.5) is 18.9 Å². The maximum atomic E-state index is 12.8. The van der Waals surface area contributed by atoms with Crippen molar-refractivity contribution in [3.63, 3.8) is 0 Å². The summed E-state index contributed by atoms with van der Waals surface area (Å²) in [5, 5.41) is 11.1. The van der Waals surface area contributed by atoms with Crippen LogP contribution >= 0.6 is 23.4 Å². The van der Waals surface area contributed by atoms with Crippen molar-refractivity contribution in [2.75, 3.05) is 6.26 Å². The molecule has 0 saturated carbocycles. The van der Waals surface area contributed by atoms with E-state index in [2.05, 4.69) is 15.3 Å². The first kappa shape index (κ1) is 18.9. The second-order valence-corrected chi connectivity index (χ2v) is 5.65. The Labute approximate surface area is 150 Å². The summed E-state index contributed by atoms with van der Waals surface area (Å²) in [6, 6.07) is 7.68. The number of amidine groups is 1. The zero-order chi connectivity index (χ0) is 18.4. The van der Waals surface area contributed by atoms with Crippen LogP contribution < -0.4 is 10.1 Å².